The van der Waals surface area contributed by atoms with Gasteiger partial charge >= 0.3 is 0 Å². The number of nitrogens with one attached hydrogen (secondary N) is 1. The first kappa shape index (κ1) is 20.6. The number of carbonyl (C=O) groups excluding carboxylic acids is 1. The monoisotopic (exact) mass is 423 g/mol. The average molecular weight is 424 g/mol. The van der Waals surface area contributed by atoms with E-state index in [1.807, 2.05) is 36.4 Å². The van der Waals surface area contributed by atoms with Gasteiger partial charge in [0.05, 0.1) is 29.0 Å². The van der Waals surface area contributed by atoms with Gasteiger partial charge in [-0.2, -0.15) is 0 Å². The van der Waals surface area contributed by atoms with Crippen molar-refractivity contribution >= 4 is 34.5 Å². The Bertz CT molecular complexity index is 1010. The molecular formula is C22H25N5O2S. The summed E-state index contributed by atoms with van der Waals surface area (Å²) >= 11 is 1.42. The van der Waals surface area contributed by atoms with E-state index in [4.69, 9.17) is 14.7 Å². The molecule has 1 saturated heterocycles. The molecule has 8 heteroatoms. The fourth-order valence-corrected chi connectivity index (χ4v) is 4.35. The highest BCUT2D eigenvalue weighted by Crippen LogP contribution is 2.30. The summed E-state index contributed by atoms with van der Waals surface area (Å²) in [5.41, 5.74) is 2.65. The summed E-state index contributed by atoms with van der Waals surface area (Å²) in [7, 11) is 0. The molecule has 3 heterocycles. The lowest BCUT2D eigenvalue weighted by Gasteiger charge is -2.36. The average Bonchev–Trinajstić information content (AvgIpc) is 2.75. The van der Waals surface area contributed by atoms with Crippen LogP contribution in [0.4, 0.5) is 5.82 Å². The lowest BCUT2D eigenvalue weighted by Crippen LogP contribution is -2.46. The van der Waals surface area contributed by atoms with Gasteiger partial charge in [-0.15, -0.1) is 0 Å². The number of benzene rings is 1. The van der Waals surface area contributed by atoms with Gasteiger partial charge < -0.3 is 15.0 Å². The standard InChI is InChI=1S/C22H25N5O2S/c1-15-12-27(13-16(2)29-15)21-22(26-19-8-4-3-7-18(19)25-21)30-14-20(28)24-11-17-6-5-9-23-10-17/h3-10,15-16H,11-14H2,1-2H3,(H,24,28). The normalized spacial score (nSPS) is 19.1. The Morgan fingerprint density at radius 1 is 1.13 bits per heavy atom. The largest absolute Gasteiger partial charge is 0.372 e. The van der Waals surface area contributed by atoms with Crippen LogP contribution in [0.3, 0.4) is 0 Å². The van der Waals surface area contributed by atoms with Crippen molar-refractivity contribution < 1.29 is 9.53 Å². The zero-order chi connectivity index (χ0) is 20.9. The Labute approximate surface area is 180 Å². The summed E-state index contributed by atoms with van der Waals surface area (Å²) in [6.45, 7) is 6.09. The van der Waals surface area contributed by atoms with E-state index in [1.54, 1.807) is 12.4 Å². The number of morpholine rings is 1. The minimum Gasteiger partial charge on any atom is -0.372 e. The fourth-order valence-electron chi connectivity index (χ4n) is 3.52. The molecule has 1 amide bonds. The molecular weight excluding hydrogens is 398 g/mol. The van der Waals surface area contributed by atoms with Crippen LogP contribution >= 0.6 is 11.8 Å². The topological polar surface area (TPSA) is 80.2 Å². The highest BCUT2D eigenvalue weighted by molar-refractivity contribution is 8.00. The number of amides is 1. The second-order valence-electron chi connectivity index (χ2n) is 7.43. The number of aromatic nitrogens is 3. The number of rotatable bonds is 6. The van der Waals surface area contributed by atoms with Crippen molar-refractivity contribution in [3.63, 3.8) is 0 Å². The van der Waals surface area contributed by atoms with E-state index in [0.29, 0.717) is 6.54 Å². The van der Waals surface area contributed by atoms with Gasteiger partial charge in [0.25, 0.3) is 0 Å². The minimum atomic E-state index is -0.0477. The molecule has 7 nitrogen and oxygen atoms in total. The number of hydrogen-bond acceptors (Lipinski definition) is 7. The number of ether oxygens (including phenoxy) is 1. The lowest BCUT2D eigenvalue weighted by atomic mass is 10.2. The van der Waals surface area contributed by atoms with Gasteiger partial charge in [0.1, 0.15) is 5.03 Å². The minimum absolute atomic E-state index is 0.0477. The molecule has 30 heavy (non-hydrogen) atoms. The molecule has 1 N–H and O–H groups in total. The zero-order valence-corrected chi connectivity index (χ0v) is 17.9. The predicted octanol–water partition coefficient (Wildman–Crippen LogP) is 3.05. The zero-order valence-electron chi connectivity index (χ0n) is 17.1. The molecule has 4 rings (SSSR count). The van der Waals surface area contributed by atoms with Crippen LogP contribution in [-0.4, -0.2) is 51.9 Å². The van der Waals surface area contributed by atoms with Crippen molar-refractivity contribution in [1.29, 1.82) is 0 Å². The Kier molecular flexibility index (Phi) is 6.44. The van der Waals surface area contributed by atoms with Crippen LogP contribution in [0.1, 0.15) is 19.4 Å². The molecule has 1 fully saturated rings. The Balaban J connectivity index is 1.50. The fraction of sp³-hybridized carbons (Fsp3) is 0.364. The number of hydrogen-bond donors (Lipinski definition) is 1. The summed E-state index contributed by atoms with van der Waals surface area (Å²) in [6, 6.07) is 11.6. The Hall–Kier alpha value is -2.71. The number of para-hydroxylation sites is 2. The second kappa shape index (κ2) is 9.40. The Morgan fingerprint density at radius 2 is 1.87 bits per heavy atom. The van der Waals surface area contributed by atoms with Crippen LogP contribution in [0.2, 0.25) is 0 Å². The van der Waals surface area contributed by atoms with E-state index in [9.17, 15) is 4.79 Å². The molecule has 1 aromatic carbocycles. The van der Waals surface area contributed by atoms with Gasteiger partial charge in [-0.3, -0.25) is 9.78 Å². The van der Waals surface area contributed by atoms with Crippen LogP contribution < -0.4 is 10.2 Å². The summed E-state index contributed by atoms with van der Waals surface area (Å²) in [5, 5.41) is 3.71. The van der Waals surface area contributed by atoms with Gasteiger partial charge in [0.2, 0.25) is 5.91 Å². The molecule has 0 spiro atoms. The molecule has 156 valence electrons. The second-order valence-corrected chi connectivity index (χ2v) is 8.39. The molecule has 1 aliphatic heterocycles. The van der Waals surface area contributed by atoms with Crippen molar-refractivity contribution in [2.75, 3.05) is 23.7 Å². The van der Waals surface area contributed by atoms with Crippen molar-refractivity contribution in [3.05, 3.63) is 54.4 Å². The number of fused-ring (bicyclic) bond motifs is 1. The van der Waals surface area contributed by atoms with Crippen LogP contribution in [0.5, 0.6) is 0 Å². The number of anilines is 1. The summed E-state index contributed by atoms with van der Waals surface area (Å²) in [6.07, 6.45) is 3.69. The number of pyridine rings is 1. The van der Waals surface area contributed by atoms with E-state index in [1.165, 1.54) is 11.8 Å². The van der Waals surface area contributed by atoms with Crippen molar-refractivity contribution in [2.45, 2.75) is 37.6 Å². The first-order chi connectivity index (χ1) is 14.6. The van der Waals surface area contributed by atoms with Crippen molar-refractivity contribution in [2.24, 2.45) is 0 Å². The molecule has 2 atom stereocenters. The van der Waals surface area contributed by atoms with Crippen LogP contribution in [-0.2, 0) is 16.1 Å². The quantitative estimate of drug-likeness (QED) is 0.611. The summed E-state index contributed by atoms with van der Waals surface area (Å²) < 4.78 is 5.87. The maximum atomic E-state index is 12.4. The van der Waals surface area contributed by atoms with Crippen LogP contribution in [0.15, 0.2) is 53.8 Å². The van der Waals surface area contributed by atoms with E-state index < -0.39 is 0 Å². The maximum absolute atomic E-state index is 12.4. The number of thioether (sulfide) groups is 1. The molecule has 0 radical (unpaired) electrons. The molecule has 2 unspecified atom stereocenters. The molecule has 0 bridgehead atoms. The number of nitrogens with zero attached hydrogens (tertiary/aromatic N) is 4. The number of carbonyl (C=O) groups is 1. The highest BCUT2D eigenvalue weighted by atomic mass is 32.2. The SMILES string of the molecule is CC1CN(c2nc3ccccc3nc2SCC(=O)NCc2cccnc2)CC(C)O1. The third-order valence-corrected chi connectivity index (χ3v) is 5.75. The van der Waals surface area contributed by atoms with Gasteiger partial charge in [-0.05, 0) is 37.6 Å². The first-order valence-corrected chi connectivity index (χ1v) is 11.0. The smallest absolute Gasteiger partial charge is 0.230 e. The third kappa shape index (κ3) is 5.06. The van der Waals surface area contributed by atoms with Gasteiger partial charge in [-0.25, -0.2) is 9.97 Å². The van der Waals surface area contributed by atoms with Gasteiger partial charge in [-0.1, -0.05) is 30.0 Å². The maximum Gasteiger partial charge on any atom is 0.230 e. The molecule has 0 saturated carbocycles. The molecule has 3 aromatic rings. The van der Waals surface area contributed by atoms with E-state index in [0.717, 1.165) is 40.5 Å². The van der Waals surface area contributed by atoms with E-state index in [-0.39, 0.29) is 23.9 Å². The molecule has 0 aliphatic carbocycles. The summed E-state index contributed by atoms with van der Waals surface area (Å²) in [5.74, 6) is 1.05. The van der Waals surface area contributed by atoms with Gasteiger partial charge in [0.15, 0.2) is 5.82 Å². The predicted molar refractivity (Wildman–Crippen MR) is 119 cm³/mol. The molecule has 2 aromatic heterocycles. The van der Waals surface area contributed by atoms with Crippen LogP contribution in [0, 0.1) is 0 Å². The van der Waals surface area contributed by atoms with Gasteiger partial charge in [0, 0.05) is 32.0 Å². The summed E-state index contributed by atoms with van der Waals surface area (Å²) in [4.78, 5) is 28.4. The van der Waals surface area contributed by atoms with E-state index in [2.05, 4.69) is 29.0 Å². The van der Waals surface area contributed by atoms with E-state index >= 15 is 0 Å². The lowest BCUT2D eigenvalue weighted by molar-refractivity contribution is -0.118. The van der Waals surface area contributed by atoms with Crippen molar-refractivity contribution in [1.82, 2.24) is 20.3 Å². The highest BCUT2D eigenvalue weighted by Gasteiger charge is 2.26. The first-order valence-electron chi connectivity index (χ1n) is 10.0. The Morgan fingerprint density at radius 3 is 2.57 bits per heavy atom. The van der Waals surface area contributed by atoms with Crippen LogP contribution in [0.25, 0.3) is 11.0 Å². The molecule has 1 aliphatic rings. The van der Waals surface area contributed by atoms with Crippen molar-refractivity contribution in [3.8, 4) is 0 Å². The third-order valence-electron chi connectivity index (χ3n) is 4.79.